The van der Waals surface area contributed by atoms with Crippen LogP contribution < -0.4 is 0 Å². The Morgan fingerprint density at radius 3 is 2.83 bits per heavy atom. The van der Waals surface area contributed by atoms with E-state index in [1.807, 2.05) is 0 Å². The third-order valence-corrected chi connectivity index (χ3v) is 3.42. The van der Waals surface area contributed by atoms with Crippen molar-refractivity contribution in [3.8, 4) is 0 Å². The molecule has 0 saturated heterocycles. The van der Waals surface area contributed by atoms with Gasteiger partial charge in [-0.15, -0.1) is 0 Å². The van der Waals surface area contributed by atoms with Gasteiger partial charge in [-0.05, 0) is 26.2 Å². The summed E-state index contributed by atoms with van der Waals surface area (Å²) in [4.78, 5) is 0. The van der Waals surface area contributed by atoms with Gasteiger partial charge in [-0.3, -0.25) is 0 Å². The van der Waals surface area contributed by atoms with E-state index in [2.05, 4.69) is 13.0 Å². The predicted octanol–water partition coefficient (Wildman–Crippen LogP) is 1.08. The molecule has 2 bridgehead atoms. The van der Waals surface area contributed by atoms with Crippen LogP contribution in [0.4, 0.5) is 0 Å². The molecule has 0 amide bonds. The van der Waals surface area contributed by atoms with Crippen LogP contribution >= 0.6 is 0 Å². The van der Waals surface area contributed by atoms with E-state index < -0.39 is 0 Å². The second-order valence-corrected chi connectivity index (χ2v) is 4.09. The zero-order valence-electron chi connectivity index (χ0n) is 7.40. The highest BCUT2D eigenvalue weighted by atomic mass is 16.3. The third kappa shape index (κ3) is 1.10. The molecule has 4 atom stereocenters. The van der Waals surface area contributed by atoms with Gasteiger partial charge in [0.25, 0.3) is 0 Å². The molecule has 0 aliphatic heterocycles. The first kappa shape index (κ1) is 8.27. The maximum Gasteiger partial charge on any atom is 0.0658 e. The summed E-state index contributed by atoms with van der Waals surface area (Å²) in [5, 5.41) is 19.5. The number of aliphatic hydroxyl groups is 2. The Labute approximate surface area is 72.9 Å². The molecule has 1 saturated carbocycles. The summed E-state index contributed by atoms with van der Waals surface area (Å²) in [7, 11) is 0. The molecular formula is C10H16O2. The van der Waals surface area contributed by atoms with E-state index in [9.17, 15) is 10.2 Å². The van der Waals surface area contributed by atoms with Gasteiger partial charge in [-0.2, -0.15) is 0 Å². The van der Waals surface area contributed by atoms with E-state index >= 15 is 0 Å². The molecule has 2 nitrogen and oxygen atoms in total. The van der Waals surface area contributed by atoms with Crippen LogP contribution in [-0.4, -0.2) is 22.4 Å². The molecule has 1 fully saturated rings. The minimum absolute atomic E-state index is 0.128. The monoisotopic (exact) mass is 168 g/mol. The SMILES string of the molecule is CC1=CC[C@@H](O)[C@H]2CC[C@@H]1[C@H]2O. The molecule has 2 heteroatoms. The smallest absolute Gasteiger partial charge is 0.0658 e. The van der Waals surface area contributed by atoms with Crippen LogP contribution in [0.1, 0.15) is 26.2 Å². The second-order valence-electron chi connectivity index (χ2n) is 4.09. The van der Waals surface area contributed by atoms with E-state index in [0.717, 1.165) is 19.3 Å². The molecule has 0 aromatic carbocycles. The minimum atomic E-state index is -0.317. The number of aliphatic hydroxyl groups excluding tert-OH is 2. The van der Waals surface area contributed by atoms with Gasteiger partial charge >= 0.3 is 0 Å². The van der Waals surface area contributed by atoms with E-state index in [-0.39, 0.29) is 18.1 Å². The summed E-state index contributed by atoms with van der Waals surface area (Å²) in [6.07, 6.45) is 4.23. The fourth-order valence-electron chi connectivity index (χ4n) is 2.56. The van der Waals surface area contributed by atoms with Gasteiger partial charge in [0.05, 0.1) is 12.2 Å². The summed E-state index contributed by atoms with van der Waals surface area (Å²) in [5.41, 5.74) is 1.27. The van der Waals surface area contributed by atoms with Crippen LogP contribution in [0.3, 0.4) is 0 Å². The molecule has 68 valence electrons. The molecule has 0 spiro atoms. The number of hydrogen-bond donors (Lipinski definition) is 2. The lowest BCUT2D eigenvalue weighted by atomic mass is 9.95. The predicted molar refractivity (Wildman–Crippen MR) is 46.6 cm³/mol. The topological polar surface area (TPSA) is 40.5 Å². The Hall–Kier alpha value is -0.340. The molecule has 0 aromatic rings. The quantitative estimate of drug-likeness (QED) is 0.531. The Balaban J connectivity index is 2.27. The van der Waals surface area contributed by atoms with Crippen molar-refractivity contribution in [2.75, 3.05) is 0 Å². The zero-order valence-corrected chi connectivity index (χ0v) is 7.40. The molecular weight excluding hydrogens is 152 g/mol. The highest BCUT2D eigenvalue weighted by Gasteiger charge is 2.40. The Kier molecular flexibility index (Phi) is 1.97. The van der Waals surface area contributed by atoms with Crippen molar-refractivity contribution < 1.29 is 10.2 Å². The van der Waals surface area contributed by atoms with E-state index in [1.54, 1.807) is 0 Å². The minimum Gasteiger partial charge on any atom is -0.392 e. The lowest BCUT2D eigenvalue weighted by Crippen LogP contribution is -2.28. The highest BCUT2D eigenvalue weighted by Crippen LogP contribution is 2.40. The molecule has 0 aromatic heterocycles. The molecule has 2 rings (SSSR count). The molecule has 2 aliphatic rings. The first-order valence-corrected chi connectivity index (χ1v) is 4.73. The maximum atomic E-state index is 9.83. The van der Waals surface area contributed by atoms with Gasteiger partial charge in [0.2, 0.25) is 0 Å². The van der Waals surface area contributed by atoms with Crippen molar-refractivity contribution in [2.45, 2.75) is 38.4 Å². The molecule has 0 unspecified atom stereocenters. The van der Waals surface area contributed by atoms with Crippen LogP contribution in [0, 0.1) is 11.8 Å². The van der Waals surface area contributed by atoms with Gasteiger partial charge in [0.1, 0.15) is 0 Å². The highest BCUT2D eigenvalue weighted by molar-refractivity contribution is 5.14. The molecule has 0 heterocycles. The molecule has 2 aliphatic carbocycles. The van der Waals surface area contributed by atoms with Gasteiger partial charge in [-0.1, -0.05) is 11.6 Å². The van der Waals surface area contributed by atoms with Gasteiger partial charge in [0, 0.05) is 11.8 Å². The summed E-state index contributed by atoms with van der Waals surface area (Å²) < 4.78 is 0. The summed E-state index contributed by atoms with van der Waals surface area (Å²) in [6.45, 7) is 2.06. The summed E-state index contributed by atoms with van der Waals surface area (Å²) in [6, 6.07) is 0. The second kappa shape index (κ2) is 2.86. The first-order valence-electron chi connectivity index (χ1n) is 4.73. The lowest BCUT2D eigenvalue weighted by molar-refractivity contribution is 0.0256. The van der Waals surface area contributed by atoms with Crippen LogP contribution in [0.15, 0.2) is 11.6 Å². The number of hydrogen-bond acceptors (Lipinski definition) is 2. The van der Waals surface area contributed by atoms with Crippen molar-refractivity contribution in [3.63, 3.8) is 0 Å². The lowest BCUT2D eigenvalue weighted by Gasteiger charge is -2.20. The van der Waals surface area contributed by atoms with Gasteiger partial charge in [0.15, 0.2) is 0 Å². The average Bonchev–Trinajstić information content (AvgIpc) is 2.37. The summed E-state index contributed by atoms with van der Waals surface area (Å²) >= 11 is 0. The maximum absolute atomic E-state index is 9.83. The van der Waals surface area contributed by atoms with Crippen molar-refractivity contribution in [1.82, 2.24) is 0 Å². The normalized spacial score (nSPS) is 47.1. The molecule has 0 radical (unpaired) electrons. The van der Waals surface area contributed by atoms with Crippen LogP contribution in [0.2, 0.25) is 0 Å². The van der Waals surface area contributed by atoms with E-state index in [4.69, 9.17) is 0 Å². The molecule has 12 heavy (non-hydrogen) atoms. The fourth-order valence-corrected chi connectivity index (χ4v) is 2.56. The van der Waals surface area contributed by atoms with Gasteiger partial charge in [-0.25, -0.2) is 0 Å². The number of fused-ring (bicyclic) bond motifs is 2. The van der Waals surface area contributed by atoms with E-state index in [1.165, 1.54) is 5.57 Å². The Morgan fingerprint density at radius 1 is 1.33 bits per heavy atom. The zero-order chi connectivity index (χ0) is 8.72. The largest absolute Gasteiger partial charge is 0.392 e. The van der Waals surface area contributed by atoms with Crippen molar-refractivity contribution in [1.29, 1.82) is 0 Å². The van der Waals surface area contributed by atoms with Crippen molar-refractivity contribution >= 4 is 0 Å². The number of rotatable bonds is 0. The molecule has 2 N–H and O–H groups in total. The van der Waals surface area contributed by atoms with Crippen molar-refractivity contribution in [2.24, 2.45) is 11.8 Å². The van der Waals surface area contributed by atoms with Crippen LogP contribution in [0.5, 0.6) is 0 Å². The average molecular weight is 168 g/mol. The van der Waals surface area contributed by atoms with Crippen LogP contribution in [-0.2, 0) is 0 Å². The van der Waals surface area contributed by atoms with Gasteiger partial charge < -0.3 is 10.2 Å². The standard InChI is InChI=1S/C10H16O2/c1-6-2-5-9(11)8-4-3-7(6)10(8)12/h2,7-12H,3-5H2,1H3/t7-,8+,9+,10+/m0/s1. The Bertz CT molecular complexity index is 210. The summed E-state index contributed by atoms with van der Waals surface area (Å²) in [5.74, 6) is 0.454. The fraction of sp³-hybridized carbons (Fsp3) is 0.800. The van der Waals surface area contributed by atoms with Crippen molar-refractivity contribution in [3.05, 3.63) is 11.6 Å². The van der Waals surface area contributed by atoms with E-state index in [0.29, 0.717) is 5.92 Å². The first-order chi connectivity index (χ1) is 5.70. The third-order valence-electron chi connectivity index (χ3n) is 3.42. The Morgan fingerprint density at radius 2 is 2.08 bits per heavy atom. The van der Waals surface area contributed by atoms with Crippen LogP contribution in [0.25, 0.3) is 0 Å².